The van der Waals surface area contributed by atoms with Crippen LogP contribution in [0.3, 0.4) is 0 Å². The predicted octanol–water partition coefficient (Wildman–Crippen LogP) is 4.22. The summed E-state index contributed by atoms with van der Waals surface area (Å²) in [6.07, 6.45) is 2.13. The molecule has 3 heteroatoms. The first-order chi connectivity index (χ1) is 9.58. The topological polar surface area (TPSA) is 16.8 Å². The van der Waals surface area contributed by atoms with Gasteiger partial charge in [-0.05, 0) is 18.6 Å². The van der Waals surface area contributed by atoms with Gasteiger partial charge in [-0.2, -0.15) is 4.57 Å². The molecule has 0 aliphatic heterocycles. The van der Waals surface area contributed by atoms with Crippen LogP contribution in [0.1, 0.15) is 30.3 Å². The van der Waals surface area contributed by atoms with Crippen LogP contribution >= 0.6 is 11.3 Å². The van der Waals surface area contributed by atoms with E-state index in [2.05, 4.69) is 68.9 Å². The molecule has 0 aliphatic rings. The molecule has 20 heavy (non-hydrogen) atoms. The first kappa shape index (κ1) is 13.3. The van der Waals surface area contributed by atoms with Gasteiger partial charge < -0.3 is 0 Å². The van der Waals surface area contributed by atoms with E-state index in [1.54, 1.807) is 11.3 Å². The zero-order chi connectivity index (χ0) is 14.3. The lowest BCUT2D eigenvalue weighted by Gasteiger charge is -2.04. The van der Waals surface area contributed by atoms with E-state index in [4.69, 9.17) is 4.98 Å². The molecule has 0 fully saturated rings. The monoisotopic (exact) mass is 283 g/mol. The van der Waals surface area contributed by atoms with E-state index in [0.29, 0.717) is 5.92 Å². The molecule has 0 saturated carbocycles. The number of pyridine rings is 1. The SMILES string of the molecule is Cc1ccccc1-c1c2nc(C(C)C)sc2cc[n+]1C. The first-order valence-corrected chi connectivity index (χ1v) is 7.74. The molecule has 3 aromatic rings. The molecule has 2 aromatic heterocycles. The van der Waals surface area contributed by atoms with Crippen LogP contribution in [0.5, 0.6) is 0 Å². The van der Waals surface area contributed by atoms with Crippen LogP contribution in [0.2, 0.25) is 0 Å². The Kier molecular flexibility index (Phi) is 3.30. The summed E-state index contributed by atoms with van der Waals surface area (Å²) in [7, 11) is 2.09. The minimum absolute atomic E-state index is 0.474. The highest BCUT2D eigenvalue weighted by atomic mass is 32.1. The Labute approximate surface area is 123 Å². The van der Waals surface area contributed by atoms with Crippen molar-refractivity contribution in [3.8, 4) is 11.3 Å². The van der Waals surface area contributed by atoms with E-state index >= 15 is 0 Å². The summed E-state index contributed by atoms with van der Waals surface area (Å²) in [6, 6.07) is 10.7. The molecule has 3 rings (SSSR count). The summed E-state index contributed by atoms with van der Waals surface area (Å²) in [5.41, 5.74) is 4.89. The number of rotatable bonds is 2. The second-order valence-corrected chi connectivity index (χ2v) is 6.57. The van der Waals surface area contributed by atoms with Gasteiger partial charge in [0, 0.05) is 12.0 Å². The fraction of sp³-hybridized carbons (Fsp3) is 0.294. The molecule has 0 amide bonds. The molecule has 0 atom stereocenters. The van der Waals surface area contributed by atoms with Crippen molar-refractivity contribution in [2.24, 2.45) is 7.05 Å². The smallest absolute Gasteiger partial charge is 0.234 e. The molecule has 0 radical (unpaired) electrons. The number of thiazole rings is 1. The van der Waals surface area contributed by atoms with Gasteiger partial charge in [0.1, 0.15) is 7.05 Å². The summed E-state index contributed by atoms with van der Waals surface area (Å²) in [6.45, 7) is 6.56. The van der Waals surface area contributed by atoms with E-state index in [9.17, 15) is 0 Å². The lowest BCUT2D eigenvalue weighted by Crippen LogP contribution is -2.30. The molecule has 1 aromatic carbocycles. The number of aromatic nitrogens is 2. The second kappa shape index (κ2) is 4.98. The maximum absolute atomic E-state index is 4.89. The Bertz CT molecular complexity index is 772. The first-order valence-electron chi connectivity index (χ1n) is 6.93. The van der Waals surface area contributed by atoms with Crippen molar-refractivity contribution in [1.29, 1.82) is 0 Å². The van der Waals surface area contributed by atoms with E-state index in [1.165, 1.54) is 26.5 Å². The fourth-order valence-corrected chi connectivity index (χ4v) is 3.42. The van der Waals surface area contributed by atoms with Crippen LogP contribution in [-0.2, 0) is 7.05 Å². The Morgan fingerprint density at radius 1 is 1.15 bits per heavy atom. The number of hydrogen-bond acceptors (Lipinski definition) is 2. The minimum Gasteiger partial charge on any atom is -0.234 e. The van der Waals surface area contributed by atoms with Crippen LogP contribution < -0.4 is 4.57 Å². The van der Waals surface area contributed by atoms with Crippen LogP contribution in [0, 0.1) is 6.92 Å². The predicted molar refractivity (Wildman–Crippen MR) is 85.1 cm³/mol. The molecule has 0 unspecified atom stereocenters. The van der Waals surface area contributed by atoms with Crippen molar-refractivity contribution >= 4 is 21.6 Å². The third-order valence-corrected chi connectivity index (χ3v) is 4.91. The van der Waals surface area contributed by atoms with Crippen molar-refractivity contribution in [2.75, 3.05) is 0 Å². The number of aryl methyl sites for hydroxylation is 2. The maximum Gasteiger partial charge on any atom is 0.239 e. The zero-order valence-electron chi connectivity index (χ0n) is 12.3. The van der Waals surface area contributed by atoms with Crippen LogP contribution in [0.15, 0.2) is 36.5 Å². The second-order valence-electron chi connectivity index (χ2n) is 5.51. The van der Waals surface area contributed by atoms with Crippen molar-refractivity contribution in [3.63, 3.8) is 0 Å². The summed E-state index contributed by atoms with van der Waals surface area (Å²) >= 11 is 1.80. The summed E-state index contributed by atoms with van der Waals surface area (Å²) in [5.74, 6) is 0.474. The van der Waals surface area contributed by atoms with Gasteiger partial charge in [0.2, 0.25) is 5.69 Å². The normalized spacial score (nSPS) is 11.4. The molecule has 2 heterocycles. The quantitative estimate of drug-likeness (QED) is 0.643. The van der Waals surface area contributed by atoms with E-state index in [0.717, 1.165) is 5.52 Å². The molecule has 0 bridgehead atoms. The van der Waals surface area contributed by atoms with E-state index < -0.39 is 0 Å². The molecular formula is C17H19N2S+. The van der Waals surface area contributed by atoms with Crippen LogP contribution in [-0.4, -0.2) is 4.98 Å². The van der Waals surface area contributed by atoms with Gasteiger partial charge in [-0.1, -0.05) is 32.0 Å². The molecule has 0 N–H and O–H groups in total. The third kappa shape index (κ3) is 2.12. The summed E-state index contributed by atoms with van der Waals surface area (Å²) in [5, 5.41) is 1.21. The molecule has 0 aliphatic carbocycles. The molecule has 0 spiro atoms. The highest BCUT2D eigenvalue weighted by molar-refractivity contribution is 7.18. The van der Waals surface area contributed by atoms with Gasteiger partial charge >= 0.3 is 0 Å². The minimum atomic E-state index is 0.474. The Balaban J connectivity index is 2.34. The number of nitrogens with zero attached hydrogens (tertiary/aromatic N) is 2. The van der Waals surface area contributed by atoms with Crippen LogP contribution in [0.4, 0.5) is 0 Å². The van der Waals surface area contributed by atoms with Crippen LogP contribution in [0.25, 0.3) is 21.5 Å². The summed E-state index contributed by atoms with van der Waals surface area (Å²) in [4.78, 5) is 4.89. The number of benzene rings is 1. The van der Waals surface area contributed by atoms with Gasteiger partial charge in [-0.3, -0.25) is 0 Å². The molecular weight excluding hydrogens is 264 g/mol. The Morgan fingerprint density at radius 2 is 1.90 bits per heavy atom. The largest absolute Gasteiger partial charge is 0.239 e. The highest BCUT2D eigenvalue weighted by Gasteiger charge is 2.20. The molecule has 102 valence electrons. The third-order valence-electron chi connectivity index (χ3n) is 3.59. The fourth-order valence-electron chi connectivity index (χ4n) is 2.46. The standard InChI is InChI=1S/C17H19N2S/c1-11(2)17-18-15-14(20-17)9-10-19(4)16(15)13-8-6-5-7-12(13)3/h5-11H,1-4H3/q+1. The Morgan fingerprint density at radius 3 is 2.60 bits per heavy atom. The van der Waals surface area contributed by atoms with Crippen molar-refractivity contribution < 1.29 is 4.57 Å². The molecule has 2 nitrogen and oxygen atoms in total. The lowest BCUT2D eigenvalue weighted by molar-refractivity contribution is -0.659. The van der Waals surface area contributed by atoms with Gasteiger partial charge in [-0.15, -0.1) is 11.3 Å². The van der Waals surface area contributed by atoms with Gasteiger partial charge in [0.05, 0.1) is 15.3 Å². The number of fused-ring (bicyclic) bond motifs is 1. The average Bonchev–Trinajstić information content (AvgIpc) is 2.84. The van der Waals surface area contributed by atoms with Gasteiger partial charge in [0.25, 0.3) is 0 Å². The van der Waals surface area contributed by atoms with Crippen molar-refractivity contribution in [1.82, 2.24) is 4.98 Å². The molecule has 0 saturated heterocycles. The summed E-state index contributed by atoms with van der Waals surface area (Å²) < 4.78 is 3.44. The number of hydrogen-bond donors (Lipinski definition) is 0. The lowest BCUT2D eigenvalue weighted by atomic mass is 10.0. The van der Waals surface area contributed by atoms with Crippen molar-refractivity contribution in [2.45, 2.75) is 26.7 Å². The van der Waals surface area contributed by atoms with Gasteiger partial charge in [0.15, 0.2) is 11.7 Å². The zero-order valence-corrected chi connectivity index (χ0v) is 13.2. The Hall–Kier alpha value is -1.74. The van der Waals surface area contributed by atoms with Crippen molar-refractivity contribution in [3.05, 3.63) is 47.1 Å². The highest BCUT2D eigenvalue weighted by Crippen LogP contribution is 2.32. The van der Waals surface area contributed by atoms with E-state index in [1.807, 2.05) is 0 Å². The van der Waals surface area contributed by atoms with Gasteiger partial charge in [-0.25, -0.2) is 4.98 Å². The van der Waals surface area contributed by atoms with E-state index in [-0.39, 0.29) is 0 Å². The maximum atomic E-state index is 4.89. The average molecular weight is 283 g/mol.